The van der Waals surface area contributed by atoms with E-state index in [0.29, 0.717) is 11.6 Å². The lowest BCUT2D eigenvalue weighted by Gasteiger charge is -2.14. The number of nitrogens with zero attached hydrogens (tertiary/aromatic N) is 1. The molecular formula is C11H14N2O4S. The van der Waals surface area contributed by atoms with Gasteiger partial charge >= 0.3 is 5.97 Å². The summed E-state index contributed by atoms with van der Waals surface area (Å²) in [5.41, 5.74) is 0. The van der Waals surface area contributed by atoms with E-state index in [2.05, 4.69) is 10.3 Å². The van der Waals surface area contributed by atoms with E-state index in [1.807, 2.05) is 0 Å². The van der Waals surface area contributed by atoms with E-state index < -0.39 is 5.97 Å². The van der Waals surface area contributed by atoms with Crippen molar-refractivity contribution in [3.8, 4) is 0 Å². The van der Waals surface area contributed by atoms with Gasteiger partial charge in [0.25, 0.3) is 0 Å². The summed E-state index contributed by atoms with van der Waals surface area (Å²) in [4.78, 5) is 26.7. The minimum absolute atomic E-state index is 0.160. The molecule has 0 bridgehead atoms. The second-order valence-corrected chi connectivity index (χ2v) is 5.16. The first-order chi connectivity index (χ1) is 8.58. The first-order valence-corrected chi connectivity index (χ1v) is 6.50. The fraction of sp³-hybridized carbons (Fsp3) is 0.545. The number of carboxylic acids is 1. The molecule has 0 spiro atoms. The monoisotopic (exact) mass is 270 g/mol. The van der Waals surface area contributed by atoms with E-state index in [9.17, 15) is 9.59 Å². The molecule has 0 aliphatic carbocycles. The van der Waals surface area contributed by atoms with Crippen LogP contribution in [0.4, 0.5) is 0 Å². The lowest BCUT2D eigenvalue weighted by atomic mass is 10.2. The highest BCUT2D eigenvalue weighted by Crippen LogP contribution is 2.21. The quantitative estimate of drug-likeness (QED) is 0.858. The molecule has 6 nitrogen and oxygen atoms in total. The summed E-state index contributed by atoms with van der Waals surface area (Å²) in [5.74, 6) is -1.16. The van der Waals surface area contributed by atoms with Gasteiger partial charge in [0.1, 0.15) is 16.0 Å². The number of ether oxygens (including phenoxy) is 1. The predicted octanol–water partition coefficient (Wildman–Crippen LogP) is 1.20. The number of aromatic carboxylic acids is 1. The van der Waals surface area contributed by atoms with Crippen LogP contribution in [0.15, 0.2) is 6.20 Å². The smallest absolute Gasteiger partial charge is 0.347 e. The molecule has 0 radical (unpaired) electrons. The molecule has 7 heteroatoms. The van der Waals surface area contributed by atoms with Gasteiger partial charge < -0.3 is 15.2 Å². The molecule has 18 heavy (non-hydrogen) atoms. The third-order valence-corrected chi connectivity index (χ3v) is 3.85. The van der Waals surface area contributed by atoms with Gasteiger partial charge in [0.15, 0.2) is 0 Å². The van der Waals surface area contributed by atoms with E-state index in [1.165, 1.54) is 6.20 Å². The molecule has 1 aliphatic heterocycles. The maximum Gasteiger partial charge on any atom is 0.347 e. The van der Waals surface area contributed by atoms with Gasteiger partial charge in [-0.25, -0.2) is 9.78 Å². The van der Waals surface area contributed by atoms with Gasteiger partial charge in [-0.1, -0.05) is 0 Å². The van der Waals surface area contributed by atoms with Crippen molar-refractivity contribution < 1.29 is 19.4 Å². The number of nitrogens with one attached hydrogen (secondary N) is 1. The van der Waals surface area contributed by atoms with Gasteiger partial charge in [0.05, 0.1) is 12.2 Å². The fourth-order valence-electron chi connectivity index (χ4n) is 1.74. The van der Waals surface area contributed by atoms with Crippen LogP contribution in [-0.2, 0) is 9.53 Å². The zero-order valence-electron chi connectivity index (χ0n) is 9.88. The van der Waals surface area contributed by atoms with Crippen LogP contribution in [0.2, 0.25) is 0 Å². The molecular weight excluding hydrogens is 256 g/mol. The normalized spacial score (nSPS) is 20.6. The van der Waals surface area contributed by atoms with Crippen LogP contribution in [0.3, 0.4) is 0 Å². The Morgan fingerprint density at radius 3 is 3.00 bits per heavy atom. The molecule has 0 aromatic carbocycles. The van der Waals surface area contributed by atoms with Crippen molar-refractivity contribution in [2.75, 3.05) is 6.61 Å². The number of carboxylic acid groups (broad SMARTS) is 1. The predicted molar refractivity (Wildman–Crippen MR) is 64.6 cm³/mol. The van der Waals surface area contributed by atoms with Crippen LogP contribution in [0.5, 0.6) is 0 Å². The Morgan fingerprint density at radius 2 is 2.44 bits per heavy atom. The molecule has 1 saturated heterocycles. The molecule has 2 unspecified atom stereocenters. The highest BCUT2D eigenvalue weighted by Gasteiger charge is 2.25. The van der Waals surface area contributed by atoms with Gasteiger partial charge in [0, 0.05) is 6.61 Å². The second kappa shape index (κ2) is 5.45. The van der Waals surface area contributed by atoms with Crippen molar-refractivity contribution in [2.45, 2.75) is 31.9 Å². The Balaban J connectivity index is 1.95. The molecule has 1 amide bonds. The van der Waals surface area contributed by atoms with E-state index in [1.54, 1.807) is 6.92 Å². The number of hydrogen-bond donors (Lipinski definition) is 2. The minimum Gasteiger partial charge on any atom is -0.477 e. The topological polar surface area (TPSA) is 88.5 Å². The summed E-state index contributed by atoms with van der Waals surface area (Å²) in [7, 11) is 0. The van der Waals surface area contributed by atoms with Gasteiger partial charge in [-0.3, -0.25) is 4.79 Å². The summed E-state index contributed by atoms with van der Waals surface area (Å²) in [6.07, 6.45) is 2.55. The molecule has 1 fully saturated rings. The van der Waals surface area contributed by atoms with Crippen molar-refractivity contribution in [3.63, 3.8) is 0 Å². The van der Waals surface area contributed by atoms with Crippen molar-refractivity contribution in [1.29, 1.82) is 0 Å². The lowest BCUT2D eigenvalue weighted by Crippen LogP contribution is -2.35. The van der Waals surface area contributed by atoms with Crippen molar-refractivity contribution >= 4 is 23.2 Å². The first-order valence-electron chi connectivity index (χ1n) is 5.69. The number of rotatable bonds is 4. The average molecular weight is 270 g/mol. The number of carbonyl (C=O) groups excluding carboxylic acids is 1. The number of carbonyl (C=O) groups is 2. The third kappa shape index (κ3) is 2.85. The number of hydrogen-bond acceptors (Lipinski definition) is 5. The Bertz CT molecular complexity index is 454. The summed E-state index contributed by atoms with van der Waals surface area (Å²) in [6, 6.07) is -0.306. The number of thiazole rings is 1. The molecule has 1 aliphatic rings. The highest BCUT2D eigenvalue weighted by atomic mass is 32.1. The summed E-state index contributed by atoms with van der Waals surface area (Å²) in [6.45, 7) is 2.39. The Hall–Kier alpha value is -1.47. The zero-order valence-corrected chi connectivity index (χ0v) is 10.7. The Morgan fingerprint density at radius 1 is 1.67 bits per heavy atom. The van der Waals surface area contributed by atoms with E-state index in [4.69, 9.17) is 9.84 Å². The fourth-order valence-corrected chi connectivity index (χ4v) is 2.50. The standard InChI is InChI=1S/C11H14N2O4S/c1-6(10-12-5-8(18-10)11(15)16)13-9(14)7-3-2-4-17-7/h5-7H,2-4H2,1H3,(H,13,14)(H,15,16). The molecule has 2 N–H and O–H groups in total. The van der Waals surface area contributed by atoms with Crippen LogP contribution >= 0.6 is 11.3 Å². The van der Waals surface area contributed by atoms with E-state index >= 15 is 0 Å². The maximum absolute atomic E-state index is 11.8. The van der Waals surface area contributed by atoms with Crippen LogP contribution in [0.25, 0.3) is 0 Å². The van der Waals surface area contributed by atoms with E-state index in [-0.39, 0.29) is 22.9 Å². The Labute approximate surface area is 108 Å². The lowest BCUT2D eigenvalue weighted by molar-refractivity contribution is -0.130. The van der Waals surface area contributed by atoms with E-state index in [0.717, 1.165) is 24.2 Å². The molecule has 0 saturated carbocycles. The molecule has 2 atom stereocenters. The highest BCUT2D eigenvalue weighted by molar-refractivity contribution is 7.13. The SMILES string of the molecule is CC(NC(=O)C1CCCO1)c1ncc(C(=O)O)s1. The van der Waals surface area contributed by atoms with Crippen molar-refractivity contribution in [2.24, 2.45) is 0 Å². The summed E-state index contributed by atoms with van der Waals surface area (Å²) in [5, 5.41) is 12.2. The minimum atomic E-state index is -1.00. The number of amides is 1. The van der Waals surface area contributed by atoms with Gasteiger partial charge in [0.2, 0.25) is 5.91 Å². The largest absolute Gasteiger partial charge is 0.477 e. The summed E-state index contributed by atoms with van der Waals surface area (Å²) < 4.78 is 5.27. The van der Waals surface area contributed by atoms with Crippen LogP contribution < -0.4 is 5.32 Å². The molecule has 2 heterocycles. The summed E-state index contributed by atoms with van der Waals surface area (Å²) >= 11 is 1.07. The average Bonchev–Trinajstić information content (AvgIpc) is 3.00. The van der Waals surface area contributed by atoms with Crippen LogP contribution in [0.1, 0.15) is 40.5 Å². The Kier molecular flexibility index (Phi) is 3.93. The van der Waals surface area contributed by atoms with Crippen LogP contribution in [0, 0.1) is 0 Å². The van der Waals surface area contributed by atoms with Crippen LogP contribution in [-0.4, -0.2) is 34.7 Å². The number of aromatic nitrogens is 1. The molecule has 1 aromatic heterocycles. The van der Waals surface area contributed by atoms with Crippen molar-refractivity contribution in [1.82, 2.24) is 10.3 Å². The molecule has 2 rings (SSSR count). The van der Waals surface area contributed by atoms with Crippen molar-refractivity contribution in [3.05, 3.63) is 16.1 Å². The zero-order chi connectivity index (χ0) is 13.1. The first kappa shape index (κ1) is 13.0. The third-order valence-electron chi connectivity index (χ3n) is 2.69. The maximum atomic E-state index is 11.8. The van der Waals surface area contributed by atoms with Gasteiger partial charge in [-0.2, -0.15) is 0 Å². The van der Waals surface area contributed by atoms with Gasteiger partial charge in [-0.15, -0.1) is 11.3 Å². The second-order valence-electron chi connectivity index (χ2n) is 4.10. The van der Waals surface area contributed by atoms with Gasteiger partial charge in [-0.05, 0) is 19.8 Å². The molecule has 1 aromatic rings. The molecule has 98 valence electrons.